The molecule has 82 valence electrons. The molecule has 0 bridgehead atoms. The summed E-state index contributed by atoms with van der Waals surface area (Å²) in [6.45, 7) is 2.92. The number of imidazole rings is 1. The average molecular weight is 207 g/mol. The van der Waals surface area contributed by atoms with E-state index in [1.54, 1.807) is 0 Å². The molecule has 0 amide bonds. The Morgan fingerprint density at radius 3 is 3.33 bits per heavy atom. The number of nitrogens with zero attached hydrogens (tertiary/aromatic N) is 2. The van der Waals surface area contributed by atoms with Crippen LogP contribution in [0.3, 0.4) is 0 Å². The Balaban J connectivity index is 1.67. The van der Waals surface area contributed by atoms with Gasteiger partial charge >= 0.3 is 0 Å². The van der Waals surface area contributed by atoms with E-state index in [1.807, 2.05) is 18.7 Å². The van der Waals surface area contributed by atoms with E-state index >= 15 is 0 Å². The third-order valence-electron chi connectivity index (χ3n) is 3.53. The highest BCUT2D eigenvalue weighted by molar-refractivity contribution is 4.93. The van der Waals surface area contributed by atoms with E-state index in [9.17, 15) is 0 Å². The first kappa shape index (κ1) is 9.36. The summed E-state index contributed by atoms with van der Waals surface area (Å²) < 4.78 is 8.02. The molecule has 1 N–H and O–H groups in total. The van der Waals surface area contributed by atoms with Gasteiger partial charge in [0.15, 0.2) is 0 Å². The van der Waals surface area contributed by atoms with Gasteiger partial charge < -0.3 is 14.6 Å². The summed E-state index contributed by atoms with van der Waals surface area (Å²) in [4.78, 5) is 4.07. The van der Waals surface area contributed by atoms with Crippen LogP contribution < -0.4 is 5.32 Å². The fourth-order valence-electron chi connectivity index (χ4n) is 2.82. The molecule has 1 saturated heterocycles. The molecule has 3 rings (SSSR count). The van der Waals surface area contributed by atoms with Crippen molar-refractivity contribution in [1.29, 1.82) is 0 Å². The quantitative estimate of drug-likeness (QED) is 0.774. The SMILES string of the molecule is c1cn(C[C@@H]2CC[C@@H]3NCCO[C@H]23)cn1. The lowest BCUT2D eigenvalue weighted by molar-refractivity contribution is -0.0180. The summed E-state index contributed by atoms with van der Waals surface area (Å²) in [5.41, 5.74) is 0. The first-order valence-corrected chi connectivity index (χ1v) is 5.74. The van der Waals surface area contributed by atoms with Crippen LogP contribution in [0.5, 0.6) is 0 Å². The topological polar surface area (TPSA) is 39.1 Å². The summed E-state index contributed by atoms with van der Waals surface area (Å²) in [6, 6.07) is 0.590. The molecule has 2 heterocycles. The standard InChI is InChI=1S/C11H17N3O/c1-2-10-11(15-6-4-13-10)9(1)7-14-5-3-12-8-14/h3,5,8-11,13H,1-2,4,6-7H2/t9-,10-,11+/m0/s1. The third-order valence-corrected chi connectivity index (χ3v) is 3.53. The third kappa shape index (κ3) is 1.79. The fraction of sp³-hybridized carbons (Fsp3) is 0.727. The van der Waals surface area contributed by atoms with E-state index in [0.717, 1.165) is 19.7 Å². The summed E-state index contributed by atoms with van der Waals surface area (Å²) in [6.07, 6.45) is 8.70. The van der Waals surface area contributed by atoms with Gasteiger partial charge in [-0.1, -0.05) is 0 Å². The predicted octanol–water partition coefficient (Wildman–Crippen LogP) is 0.650. The maximum Gasteiger partial charge on any atom is 0.0946 e. The van der Waals surface area contributed by atoms with Crippen LogP contribution in [-0.2, 0) is 11.3 Å². The van der Waals surface area contributed by atoms with Crippen molar-refractivity contribution in [2.75, 3.05) is 13.2 Å². The molecule has 0 spiro atoms. The normalized spacial score (nSPS) is 35.3. The number of hydrogen-bond donors (Lipinski definition) is 1. The van der Waals surface area contributed by atoms with E-state index in [4.69, 9.17) is 4.74 Å². The van der Waals surface area contributed by atoms with Crippen LogP contribution in [0.25, 0.3) is 0 Å². The molecule has 15 heavy (non-hydrogen) atoms. The second kappa shape index (κ2) is 3.94. The van der Waals surface area contributed by atoms with E-state index in [2.05, 4.69) is 14.9 Å². The van der Waals surface area contributed by atoms with E-state index in [1.165, 1.54) is 12.8 Å². The highest BCUT2D eigenvalue weighted by Crippen LogP contribution is 2.31. The van der Waals surface area contributed by atoms with Gasteiger partial charge in [0.25, 0.3) is 0 Å². The molecule has 1 aliphatic carbocycles. The van der Waals surface area contributed by atoms with Crippen LogP contribution >= 0.6 is 0 Å². The van der Waals surface area contributed by atoms with Gasteiger partial charge in [0.05, 0.1) is 19.0 Å². The smallest absolute Gasteiger partial charge is 0.0946 e. The average Bonchev–Trinajstić information content (AvgIpc) is 2.89. The van der Waals surface area contributed by atoms with E-state index < -0.39 is 0 Å². The molecule has 3 atom stereocenters. The van der Waals surface area contributed by atoms with Crippen molar-refractivity contribution in [2.24, 2.45) is 5.92 Å². The van der Waals surface area contributed by atoms with Gasteiger partial charge in [0.2, 0.25) is 0 Å². The molecule has 2 fully saturated rings. The van der Waals surface area contributed by atoms with Crippen molar-refractivity contribution in [1.82, 2.24) is 14.9 Å². The molecule has 1 aromatic rings. The number of rotatable bonds is 2. The van der Waals surface area contributed by atoms with Crippen LogP contribution in [0.2, 0.25) is 0 Å². The van der Waals surface area contributed by atoms with Crippen LogP contribution in [0.1, 0.15) is 12.8 Å². The number of nitrogens with one attached hydrogen (secondary N) is 1. The van der Waals surface area contributed by atoms with Crippen LogP contribution in [-0.4, -0.2) is 34.8 Å². The molecule has 0 unspecified atom stereocenters. The van der Waals surface area contributed by atoms with Crippen molar-refractivity contribution in [3.05, 3.63) is 18.7 Å². The number of hydrogen-bond acceptors (Lipinski definition) is 3. The lowest BCUT2D eigenvalue weighted by Crippen LogP contribution is -2.47. The minimum atomic E-state index is 0.418. The Morgan fingerprint density at radius 1 is 1.47 bits per heavy atom. The number of ether oxygens (including phenoxy) is 1. The maximum atomic E-state index is 5.87. The molecular formula is C11H17N3O. The highest BCUT2D eigenvalue weighted by atomic mass is 16.5. The van der Waals surface area contributed by atoms with Gasteiger partial charge in [0.1, 0.15) is 0 Å². The van der Waals surface area contributed by atoms with Crippen LogP contribution in [0.4, 0.5) is 0 Å². The van der Waals surface area contributed by atoms with Gasteiger partial charge in [-0.05, 0) is 12.8 Å². The Hall–Kier alpha value is -0.870. The molecule has 1 aliphatic heterocycles. The van der Waals surface area contributed by atoms with Crippen molar-refractivity contribution < 1.29 is 4.74 Å². The molecule has 4 heteroatoms. The molecule has 0 aromatic carbocycles. The minimum absolute atomic E-state index is 0.418. The summed E-state index contributed by atoms with van der Waals surface area (Å²) >= 11 is 0. The Labute approximate surface area is 89.6 Å². The second-order valence-electron chi connectivity index (χ2n) is 4.49. The number of fused-ring (bicyclic) bond motifs is 1. The predicted molar refractivity (Wildman–Crippen MR) is 56.5 cm³/mol. The van der Waals surface area contributed by atoms with Crippen molar-refractivity contribution >= 4 is 0 Å². The Bertz CT molecular complexity index is 312. The molecule has 1 aromatic heterocycles. The second-order valence-corrected chi connectivity index (χ2v) is 4.49. The summed E-state index contributed by atoms with van der Waals surface area (Å²) in [7, 11) is 0. The van der Waals surface area contributed by atoms with Gasteiger partial charge in [-0.2, -0.15) is 0 Å². The van der Waals surface area contributed by atoms with Crippen molar-refractivity contribution in [3.63, 3.8) is 0 Å². The first-order chi connectivity index (χ1) is 7.43. The zero-order valence-corrected chi connectivity index (χ0v) is 8.80. The highest BCUT2D eigenvalue weighted by Gasteiger charge is 2.38. The largest absolute Gasteiger partial charge is 0.375 e. The number of aromatic nitrogens is 2. The van der Waals surface area contributed by atoms with Gasteiger partial charge in [0, 0.05) is 37.4 Å². The lowest BCUT2D eigenvalue weighted by Gasteiger charge is -2.30. The summed E-state index contributed by atoms with van der Waals surface area (Å²) in [5.74, 6) is 0.650. The molecule has 0 radical (unpaired) electrons. The molecule has 1 saturated carbocycles. The number of morpholine rings is 1. The van der Waals surface area contributed by atoms with E-state index in [0.29, 0.717) is 18.1 Å². The zero-order chi connectivity index (χ0) is 10.1. The van der Waals surface area contributed by atoms with Crippen LogP contribution in [0, 0.1) is 5.92 Å². The Morgan fingerprint density at radius 2 is 2.47 bits per heavy atom. The fourth-order valence-corrected chi connectivity index (χ4v) is 2.82. The van der Waals surface area contributed by atoms with Crippen LogP contribution in [0.15, 0.2) is 18.7 Å². The zero-order valence-electron chi connectivity index (χ0n) is 8.80. The molecule has 2 aliphatic rings. The molecular weight excluding hydrogens is 190 g/mol. The van der Waals surface area contributed by atoms with Gasteiger partial charge in [-0.25, -0.2) is 4.98 Å². The maximum absolute atomic E-state index is 5.87. The first-order valence-electron chi connectivity index (χ1n) is 5.74. The monoisotopic (exact) mass is 207 g/mol. The minimum Gasteiger partial charge on any atom is -0.375 e. The van der Waals surface area contributed by atoms with Gasteiger partial charge in [-0.3, -0.25) is 0 Å². The summed E-state index contributed by atoms with van der Waals surface area (Å²) in [5, 5.41) is 3.54. The van der Waals surface area contributed by atoms with Crippen molar-refractivity contribution in [3.8, 4) is 0 Å². The molecule has 4 nitrogen and oxygen atoms in total. The van der Waals surface area contributed by atoms with E-state index in [-0.39, 0.29) is 0 Å². The lowest BCUT2D eigenvalue weighted by atomic mass is 10.0. The van der Waals surface area contributed by atoms with Crippen molar-refractivity contribution in [2.45, 2.75) is 31.5 Å². The van der Waals surface area contributed by atoms with Gasteiger partial charge in [-0.15, -0.1) is 0 Å². The Kier molecular flexibility index (Phi) is 2.46.